The topological polar surface area (TPSA) is 40.5 Å². The van der Waals surface area contributed by atoms with Crippen LogP contribution >= 0.6 is 0 Å². The van der Waals surface area contributed by atoms with Crippen LogP contribution < -0.4 is 0 Å². The van der Waals surface area contributed by atoms with Gasteiger partial charge in [-0.2, -0.15) is 0 Å². The quantitative estimate of drug-likeness (QED) is 0.778. The molecule has 88 valence electrons. The predicted molar refractivity (Wildman–Crippen MR) is 60.8 cm³/mol. The van der Waals surface area contributed by atoms with Crippen molar-refractivity contribution in [1.29, 1.82) is 0 Å². The van der Waals surface area contributed by atoms with Crippen LogP contribution in [0.2, 0.25) is 0 Å². The second-order valence-electron chi connectivity index (χ2n) is 5.11. The Balaban J connectivity index is 2.33. The van der Waals surface area contributed by atoms with Gasteiger partial charge < -0.3 is 10.0 Å². The molecule has 1 atom stereocenters. The lowest BCUT2D eigenvalue weighted by atomic mass is 9.77. The van der Waals surface area contributed by atoms with Gasteiger partial charge in [0.05, 0.1) is 0 Å². The average molecular weight is 213 g/mol. The van der Waals surface area contributed by atoms with Gasteiger partial charge in [0.15, 0.2) is 0 Å². The zero-order valence-electron chi connectivity index (χ0n) is 10.1. The Kier molecular flexibility index (Phi) is 4.58. The van der Waals surface area contributed by atoms with Crippen LogP contribution in [0.1, 0.15) is 39.0 Å². The second-order valence-corrected chi connectivity index (χ2v) is 5.11. The summed E-state index contributed by atoms with van der Waals surface area (Å²) in [6.07, 6.45) is 5.16. The Morgan fingerprint density at radius 2 is 1.87 bits per heavy atom. The van der Waals surface area contributed by atoms with Gasteiger partial charge >= 0.3 is 5.97 Å². The van der Waals surface area contributed by atoms with Crippen LogP contribution in [0.4, 0.5) is 0 Å². The molecule has 15 heavy (non-hydrogen) atoms. The van der Waals surface area contributed by atoms with Crippen LogP contribution in [0, 0.1) is 11.8 Å². The van der Waals surface area contributed by atoms with Crippen LogP contribution in [0.25, 0.3) is 0 Å². The lowest BCUT2D eigenvalue weighted by Gasteiger charge is -2.34. The van der Waals surface area contributed by atoms with Gasteiger partial charge in [-0.15, -0.1) is 0 Å². The van der Waals surface area contributed by atoms with E-state index in [0.29, 0.717) is 24.3 Å². The standard InChI is InChI=1S/C12H23NO2/c1-9(8-12(14)15)10-4-6-11(7-5-10)13(2)3/h9-11H,4-8H2,1-3H3,(H,14,15). The van der Waals surface area contributed by atoms with Gasteiger partial charge in [-0.3, -0.25) is 4.79 Å². The number of carbonyl (C=O) groups is 1. The molecule has 1 saturated carbocycles. The summed E-state index contributed by atoms with van der Waals surface area (Å²) in [5, 5.41) is 8.75. The molecule has 0 aromatic heterocycles. The SMILES string of the molecule is CC(CC(=O)O)C1CCC(N(C)C)CC1. The molecule has 0 heterocycles. The van der Waals surface area contributed by atoms with Crippen molar-refractivity contribution in [3.63, 3.8) is 0 Å². The van der Waals surface area contributed by atoms with Crippen LogP contribution in [0.5, 0.6) is 0 Å². The highest BCUT2D eigenvalue weighted by Gasteiger charge is 2.26. The molecular weight excluding hydrogens is 190 g/mol. The highest BCUT2D eigenvalue weighted by atomic mass is 16.4. The first-order valence-electron chi connectivity index (χ1n) is 5.89. The molecule has 1 N–H and O–H groups in total. The number of hydrogen-bond acceptors (Lipinski definition) is 2. The maximum absolute atomic E-state index is 10.6. The molecule has 0 aromatic rings. The van der Waals surface area contributed by atoms with Gasteiger partial charge in [0.2, 0.25) is 0 Å². The number of carboxylic acid groups (broad SMARTS) is 1. The predicted octanol–water partition coefficient (Wildman–Crippen LogP) is 2.22. The summed E-state index contributed by atoms with van der Waals surface area (Å²) in [6, 6.07) is 0.707. The van der Waals surface area contributed by atoms with E-state index in [1.54, 1.807) is 0 Å². The summed E-state index contributed by atoms with van der Waals surface area (Å²) >= 11 is 0. The molecule has 0 bridgehead atoms. The van der Waals surface area contributed by atoms with E-state index < -0.39 is 5.97 Å². The van der Waals surface area contributed by atoms with Crippen LogP contribution in [0.3, 0.4) is 0 Å². The maximum Gasteiger partial charge on any atom is 0.303 e. The Morgan fingerprint density at radius 3 is 2.27 bits per heavy atom. The summed E-state index contributed by atoms with van der Waals surface area (Å²) < 4.78 is 0. The smallest absolute Gasteiger partial charge is 0.303 e. The normalized spacial score (nSPS) is 29.1. The van der Waals surface area contributed by atoms with Crippen molar-refractivity contribution < 1.29 is 9.90 Å². The van der Waals surface area contributed by atoms with Crippen molar-refractivity contribution in [3.05, 3.63) is 0 Å². The maximum atomic E-state index is 10.6. The molecule has 1 fully saturated rings. The fourth-order valence-corrected chi connectivity index (χ4v) is 2.63. The summed E-state index contributed by atoms with van der Waals surface area (Å²) in [5.41, 5.74) is 0. The summed E-state index contributed by atoms with van der Waals surface area (Å²) in [7, 11) is 4.26. The minimum atomic E-state index is -0.655. The Morgan fingerprint density at radius 1 is 1.33 bits per heavy atom. The van der Waals surface area contributed by atoms with Crippen LogP contribution in [0.15, 0.2) is 0 Å². The molecule has 0 aromatic carbocycles. The Bertz CT molecular complexity index is 208. The van der Waals surface area contributed by atoms with Gasteiger partial charge in [-0.1, -0.05) is 6.92 Å². The highest BCUT2D eigenvalue weighted by Crippen LogP contribution is 2.32. The highest BCUT2D eigenvalue weighted by molar-refractivity contribution is 5.66. The van der Waals surface area contributed by atoms with E-state index in [1.807, 2.05) is 0 Å². The molecule has 1 unspecified atom stereocenters. The fourth-order valence-electron chi connectivity index (χ4n) is 2.63. The van der Waals surface area contributed by atoms with Gasteiger partial charge in [-0.25, -0.2) is 0 Å². The van der Waals surface area contributed by atoms with Crippen LogP contribution in [-0.2, 0) is 4.79 Å². The summed E-state index contributed by atoms with van der Waals surface area (Å²) in [6.45, 7) is 2.08. The first-order valence-corrected chi connectivity index (χ1v) is 5.89. The zero-order chi connectivity index (χ0) is 11.4. The van der Waals surface area contributed by atoms with Crippen molar-refractivity contribution in [1.82, 2.24) is 4.90 Å². The van der Waals surface area contributed by atoms with E-state index in [0.717, 1.165) is 0 Å². The van der Waals surface area contributed by atoms with Gasteiger partial charge in [0, 0.05) is 12.5 Å². The average Bonchev–Trinajstić information content (AvgIpc) is 2.17. The minimum absolute atomic E-state index is 0.331. The molecule has 0 saturated heterocycles. The van der Waals surface area contributed by atoms with E-state index >= 15 is 0 Å². The molecular formula is C12H23NO2. The molecule has 0 spiro atoms. The number of rotatable bonds is 4. The lowest BCUT2D eigenvalue weighted by molar-refractivity contribution is -0.138. The van der Waals surface area contributed by atoms with Crippen molar-refractivity contribution in [2.75, 3.05) is 14.1 Å². The molecule has 3 heteroatoms. The molecule has 3 nitrogen and oxygen atoms in total. The van der Waals surface area contributed by atoms with Crippen molar-refractivity contribution in [2.45, 2.75) is 45.1 Å². The van der Waals surface area contributed by atoms with Gasteiger partial charge in [0.1, 0.15) is 0 Å². The summed E-state index contributed by atoms with van der Waals surface area (Å²) in [5.74, 6) is 0.306. The largest absolute Gasteiger partial charge is 0.481 e. The number of carboxylic acids is 1. The third kappa shape index (κ3) is 3.82. The first-order chi connectivity index (χ1) is 7.00. The lowest BCUT2D eigenvalue weighted by Crippen LogP contribution is -2.33. The third-order valence-corrected chi connectivity index (χ3v) is 3.77. The molecule has 1 rings (SSSR count). The van der Waals surface area contributed by atoms with E-state index in [4.69, 9.17) is 5.11 Å². The molecule has 1 aliphatic carbocycles. The van der Waals surface area contributed by atoms with Crippen molar-refractivity contribution in [3.8, 4) is 0 Å². The van der Waals surface area contributed by atoms with E-state index in [-0.39, 0.29) is 0 Å². The van der Waals surface area contributed by atoms with E-state index in [9.17, 15) is 4.79 Å². The van der Waals surface area contributed by atoms with E-state index in [1.165, 1.54) is 25.7 Å². The minimum Gasteiger partial charge on any atom is -0.481 e. The molecule has 1 aliphatic rings. The molecule has 0 aliphatic heterocycles. The Hall–Kier alpha value is -0.570. The number of nitrogens with zero attached hydrogens (tertiary/aromatic N) is 1. The molecule has 0 radical (unpaired) electrons. The van der Waals surface area contributed by atoms with Crippen molar-refractivity contribution in [2.24, 2.45) is 11.8 Å². The van der Waals surface area contributed by atoms with E-state index in [2.05, 4.69) is 25.9 Å². The van der Waals surface area contributed by atoms with Gasteiger partial charge in [-0.05, 0) is 51.6 Å². The number of hydrogen-bond donors (Lipinski definition) is 1. The van der Waals surface area contributed by atoms with Crippen LogP contribution in [-0.4, -0.2) is 36.1 Å². The molecule has 0 amide bonds. The van der Waals surface area contributed by atoms with Crippen molar-refractivity contribution >= 4 is 5.97 Å². The first kappa shape index (κ1) is 12.5. The van der Waals surface area contributed by atoms with Gasteiger partial charge in [0.25, 0.3) is 0 Å². The second kappa shape index (κ2) is 5.50. The summed E-state index contributed by atoms with van der Waals surface area (Å²) in [4.78, 5) is 12.9. The Labute approximate surface area is 92.5 Å². The monoisotopic (exact) mass is 213 g/mol. The third-order valence-electron chi connectivity index (χ3n) is 3.77. The number of aliphatic carboxylic acids is 1. The zero-order valence-corrected chi connectivity index (χ0v) is 10.1. The fraction of sp³-hybridized carbons (Fsp3) is 0.917.